The first-order valence-corrected chi connectivity index (χ1v) is 4.71. The van der Waals surface area contributed by atoms with Crippen LogP contribution in [0.3, 0.4) is 0 Å². The molecule has 0 aliphatic carbocycles. The largest absolute Gasteiger partial charge is 0.496 e. The highest BCUT2D eigenvalue weighted by molar-refractivity contribution is 6.17. The summed E-state index contributed by atoms with van der Waals surface area (Å²) in [5.41, 5.74) is -1.11. The Morgan fingerprint density at radius 1 is 1.44 bits per heavy atom. The molecule has 0 fully saturated rings. The van der Waals surface area contributed by atoms with Crippen molar-refractivity contribution in [3.05, 3.63) is 28.8 Å². The van der Waals surface area contributed by atoms with Crippen molar-refractivity contribution in [1.29, 1.82) is 5.26 Å². The Morgan fingerprint density at radius 2 is 2.06 bits per heavy atom. The van der Waals surface area contributed by atoms with E-state index < -0.39 is 17.3 Å². The first kappa shape index (κ1) is 12.7. The molecule has 0 spiro atoms. The molecule has 1 aromatic carbocycles. The second kappa shape index (κ2) is 4.62. The number of benzene rings is 1. The van der Waals surface area contributed by atoms with Crippen LogP contribution in [0.15, 0.2) is 12.1 Å². The van der Waals surface area contributed by atoms with Gasteiger partial charge in [-0.3, -0.25) is 0 Å². The van der Waals surface area contributed by atoms with Gasteiger partial charge in [0.1, 0.15) is 5.75 Å². The van der Waals surface area contributed by atoms with E-state index in [0.29, 0.717) is 5.56 Å². The Hall–Kier alpha value is -1.41. The van der Waals surface area contributed by atoms with Crippen molar-refractivity contribution in [2.45, 2.75) is 12.1 Å². The minimum atomic E-state index is -4.58. The van der Waals surface area contributed by atoms with Crippen molar-refractivity contribution < 1.29 is 17.9 Å². The van der Waals surface area contributed by atoms with Crippen LogP contribution in [0.5, 0.6) is 5.75 Å². The van der Waals surface area contributed by atoms with E-state index in [1.165, 1.54) is 13.2 Å². The van der Waals surface area contributed by atoms with Gasteiger partial charge in [-0.2, -0.15) is 18.4 Å². The molecule has 0 aliphatic heterocycles. The normalized spacial score (nSPS) is 11.0. The smallest absolute Gasteiger partial charge is 0.417 e. The predicted octanol–water partition coefficient (Wildman–Crippen LogP) is 3.32. The number of nitriles is 1. The summed E-state index contributed by atoms with van der Waals surface area (Å²) in [6.45, 7) is 0. The van der Waals surface area contributed by atoms with Crippen molar-refractivity contribution in [1.82, 2.24) is 0 Å². The van der Waals surface area contributed by atoms with Crippen LogP contribution in [0.1, 0.15) is 16.7 Å². The van der Waals surface area contributed by atoms with Gasteiger partial charge >= 0.3 is 6.18 Å². The quantitative estimate of drug-likeness (QED) is 0.753. The lowest BCUT2D eigenvalue weighted by Crippen LogP contribution is -2.09. The summed E-state index contributed by atoms with van der Waals surface area (Å²) >= 11 is 5.54. The molecule has 16 heavy (non-hydrogen) atoms. The van der Waals surface area contributed by atoms with Crippen molar-refractivity contribution in [2.24, 2.45) is 0 Å². The number of hydrogen-bond acceptors (Lipinski definition) is 2. The average Bonchev–Trinajstić information content (AvgIpc) is 2.25. The van der Waals surface area contributed by atoms with Crippen molar-refractivity contribution in [3.8, 4) is 11.8 Å². The molecule has 6 heteroatoms. The van der Waals surface area contributed by atoms with E-state index in [4.69, 9.17) is 21.6 Å². The summed E-state index contributed by atoms with van der Waals surface area (Å²) in [6.07, 6.45) is -4.58. The van der Waals surface area contributed by atoms with E-state index in [9.17, 15) is 13.2 Å². The molecular formula is C10H7ClF3NO. The van der Waals surface area contributed by atoms with Crippen LogP contribution in [-0.2, 0) is 12.1 Å². The summed E-state index contributed by atoms with van der Waals surface area (Å²) in [6, 6.07) is 3.37. The monoisotopic (exact) mass is 249 g/mol. The lowest BCUT2D eigenvalue weighted by molar-refractivity contribution is -0.137. The number of hydrogen-bond donors (Lipinski definition) is 0. The lowest BCUT2D eigenvalue weighted by Gasteiger charge is -2.13. The third-order valence-corrected chi connectivity index (χ3v) is 2.28. The van der Waals surface area contributed by atoms with Gasteiger partial charge in [-0.15, -0.1) is 11.6 Å². The van der Waals surface area contributed by atoms with Crippen LogP contribution in [0.4, 0.5) is 13.2 Å². The standard InChI is InChI=1S/C10H7ClF3NO/c1-16-9-3-8(10(12,13)14)7(5-15)2-6(9)4-11/h2-3H,4H2,1H3. The van der Waals surface area contributed by atoms with Gasteiger partial charge < -0.3 is 4.74 Å². The molecule has 0 N–H and O–H groups in total. The van der Waals surface area contributed by atoms with Crippen molar-refractivity contribution in [2.75, 3.05) is 7.11 Å². The number of ether oxygens (including phenoxy) is 1. The summed E-state index contributed by atoms with van der Waals surface area (Å²) in [4.78, 5) is 0. The minimum absolute atomic E-state index is 0.0179. The van der Waals surface area contributed by atoms with E-state index in [-0.39, 0.29) is 11.6 Å². The summed E-state index contributed by atoms with van der Waals surface area (Å²) in [5.74, 6) is 0.0111. The number of halogens is 4. The maximum absolute atomic E-state index is 12.5. The number of rotatable bonds is 2. The lowest BCUT2D eigenvalue weighted by atomic mass is 10.0. The molecule has 86 valence electrons. The van der Waals surface area contributed by atoms with E-state index in [0.717, 1.165) is 12.1 Å². The second-order valence-corrected chi connectivity index (χ2v) is 3.22. The van der Waals surface area contributed by atoms with Gasteiger partial charge in [0, 0.05) is 5.56 Å². The van der Waals surface area contributed by atoms with Crippen LogP contribution in [0.25, 0.3) is 0 Å². The Balaban J connectivity index is 3.45. The Morgan fingerprint density at radius 3 is 2.44 bits per heavy atom. The Bertz CT molecular complexity index is 437. The minimum Gasteiger partial charge on any atom is -0.496 e. The molecule has 1 rings (SSSR count). The molecule has 0 atom stereocenters. The molecule has 2 nitrogen and oxygen atoms in total. The number of nitrogens with zero attached hydrogens (tertiary/aromatic N) is 1. The van der Waals surface area contributed by atoms with Crippen LogP contribution < -0.4 is 4.74 Å². The van der Waals surface area contributed by atoms with Gasteiger partial charge in [0.15, 0.2) is 0 Å². The summed E-state index contributed by atoms with van der Waals surface area (Å²) < 4.78 is 42.4. The molecule has 0 saturated heterocycles. The summed E-state index contributed by atoms with van der Waals surface area (Å²) in [7, 11) is 1.25. The van der Waals surface area contributed by atoms with Crippen molar-refractivity contribution >= 4 is 11.6 Å². The molecule has 0 unspecified atom stereocenters. The fraction of sp³-hybridized carbons (Fsp3) is 0.300. The average molecular weight is 250 g/mol. The molecule has 0 aliphatic rings. The van der Waals surface area contributed by atoms with E-state index in [1.807, 2.05) is 0 Å². The SMILES string of the molecule is COc1cc(C(F)(F)F)c(C#N)cc1CCl. The third-order valence-electron chi connectivity index (χ3n) is 1.99. The number of alkyl halides is 4. The molecule has 1 aromatic rings. The van der Waals surface area contributed by atoms with Gasteiger partial charge in [-0.25, -0.2) is 0 Å². The molecule has 0 amide bonds. The topological polar surface area (TPSA) is 33.0 Å². The first-order valence-electron chi connectivity index (χ1n) is 4.18. The van der Waals surface area contributed by atoms with Gasteiger partial charge in [-0.05, 0) is 12.1 Å². The van der Waals surface area contributed by atoms with Gasteiger partial charge in [0.25, 0.3) is 0 Å². The Kier molecular flexibility index (Phi) is 3.66. The number of methoxy groups -OCH3 is 1. The second-order valence-electron chi connectivity index (χ2n) is 2.95. The Labute approximate surface area is 95.2 Å². The fourth-order valence-corrected chi connectivity index (χ4v) is 1.45. The summed E-state index contributed by atoms with van der Waals surface area (Å²) in [5, 5.41) is 8.63. The predicted molar refractivity (Wildman–Crippen MR) is 52.3 cm³/mol. The highest BCUT2D eigenvalue weighted by atomic mass is 35.5. The van der Waals surface area contributed by atoms with Crippen molar-refractivity contribution in [3.63, 3.8) is 0 Å². The van der Waals surface area contributed by atoms with Gasteiger partial charge in [-0.1, -0.05) is 0 Å². The highest BCUT2D eigenvalue weighted by Gasteiger charge is 2.34. The zero-order chi connectivity index (χ0) is 12.3. The van der Waals surface area contributed by atoms with E-state index in [1.54, 1.807) is 0 Å². The molecule has 0 bridgehead atoms. The van der Waals surface area contributed by atoms with Crippen LogP contribution in [0, 0.1) is 11.3 Å². The molecule has 0 saturated carbocycles. The molecular weight excluding hydrogens is 243 g/mol. The van der Waals surface area contributed by atoms with Gasteiger partial charge in [0.05, 0.1) is 30.2 Å². The molecule has 0 radical (unpaired) electrons. The van der Waals surface area contributed by atoms with E-state index >= 15 is 0 Å². The highest BCUT2D eigenvalue weighted by Crippen LogP contribution is 2.36. The van der Waals surface area contributed by atoms with Gasteiger partial charge in [0.2, 0.25) is 0 Å². The molecule has 0 aromatic heterocycles. The maximum atomic E-state index is 12.5. The maximum Gasteiger partial charge on any atom is 0.417 e. The molecule has 0 heterocycles. The fourth-order valence-electron chi connectivity index (χ4n) is 1.25. The van der Waals surface area contributed by atoms with E-state index in [2.05, 4.69) is 0 Å². The first-order chi connectivity index (χ1) is 7.43. The van der Waals surface area contributed by atoms with Crippen LogP contribution in [0.2, 0.25) is 0 Å². The third kappa shape index (κ3) is 2.39. The van der Waals surface area contributed by atoms with Crippen LogP contribution in [-0.4, -0.2) is 7.11 Å². The zero-order valence-electron chi connectivity index (χ0n) is 8.23. The van der Waals surface area contributed by atoms with Crippen LogP contribution >= 0.6 is 11.6 Å². The zero-order valence-corrected chi connectivity index (χ0v) is 8.99.